The van der Waals surface area contributed by atoms with Gasteiger partial charge in [-0.3, -0.25) is 10.1 Å². The van der Waals surface area contributed by atoms with Gasteiger partial charge < -0.3 is 9.80 Å². The quantitative estimate of drug-likeness (QED) is 0.457. The molecule has 0 amide bonds. The molecular formula is C22H31N3O2S. The Balaban J connectivity index is 1.92. The van der Waals surface area contributed by atoms with Crippen molar-refractivity contribution in [3.05, 3.63) is 57.1 Å². The van der Waals surface area contributed by atoms with E-state index in [0.717, 1.165) is 49.5 Å². The Morgan fingerprint density at radius 3 is 2.82 bits per heavy atom. The molecule has 0 aliphatic carbocycles. The molecule has 1 saturated heterocycles. The van der Waals surface area contributed by atoms with E-state index in [0.29, 0.717) is 0 Å². The SMILES string of the molecule is CCCCN1c2ccc([N+](=O)[O-])cc2C(C)(C)C1C=CC=C1SCCN1CC. The topological polar surface area (TPSA) is 49.6 Å². The Kier molecular flexibility index (Phi) is 6.38. The van der Waals surface area contributed by atoms with E-state index < -0.39 is 0 Å². The summed E-state index contributed by atoms with van der Waals surface area (Å²) < 4.78 is 0. The zero-order valence-electron chi connectivity index (χ0n) is 17.4. The van der Waals surface area contributed by atoms with E-state index in [2.05, 4.69) is 55.7 Å². The second kappa shape index (κ2) is 8.60. The average molecular weight is 402 g/mol. The second-order valence-electron chi connectivity index (χ2n) is 7.99. The summed E-state index contributed by atoms with van der Waals surface area (Å²) in [6.45, 7) is 11.9. The number of nitrogens with zero attached hydrogens (tertiary/aromatic N) is 3. The molecule has 1 atom stereocenters. The summed E-state index contributed by atoms with van der Waals surface area (Å²) >= 11 is 1.91. The van der Waals surface area contributed by atoms with Crippen molar-refractivity contribution in [1.82, 2.24) is 4.90 Å². The van der Waals surface area contributed by atoms with E-state index in [1.54, 1.807) is 12.1 Å². The molecule has 2 aliphatic rings. The van der Waals surface area contributed by atoms with Crippen LogP contribution in [0.5, 0.6) is 0 Å². The highest BCUT2D eigenvalue weighted by Gasteiger charge is 2.43. The number of rotatable bonds is 7. The van der Waals surface area contributed by atoms with Gasteiger partial charge >= 0.3 is 0 Å². The van der Waals surface area contributed by atoms with Crippen molar-refractivity contribution in [2.45, 2.75) is 52.0 Å². The molecule has 1 fully saturated rings. The van der Waals surface area contributed by atoms with Gasteiger partial charge in [-0.25, -0.2) is 0 Å². The molecule has 2 heterocycles. The molecule has 0 N–H and O–H groups in total. The van der Waals surface area contributed by atoms with Crippen LogP contribution < -0.4 is 4.90 Å². The molecule has 28 heavy (non-hydrogen) atoms. The van der Waals surface area contributed by atoms with Gasteiger partial charge in [-0.1, -0.05) is 39.3 Å². The third-order valence-electron chi connectivity index (χ3n) is 5.86. The number of hydrogen-bond donors (Lipinski definition) is 0. The van der Waals surface area contributed by atoms with Crippen LogP contribution in [-0.4, -0.2) is 41.3 Å². The lowest BCUT2D eigenvalue weighted by atomic mass is 9.80. The zero-order chi connectivity index (χ0) is 20.3. The van der Waals surface area contributed by atoms with Gasteiger partial charge in [0, 0.05) is 48.6 Å². The van der Waals surface area contributed by atoms with Gasteiger partial charge in [-0.2, -0.15) is 0 Å². The minimum Gasteiger partial charge on any atom is -0.366 e. The van der Waals surface area contributed by atoms with Crippen molar-refractivity contribution in [2.75, 3.05) is 30.3 Å². The van der Waals surface area contributed by atoms with Gasteiger partial charge in [0.25, 0.3) is 5.69 Å². The van der Waals surface area contributed by atoms with Crippen LogP contribution in [-0.2, 0) is 5.41 Å². The van der Waals surface area contributed by atoms with Crippen LogP contribution >= 0.6 is 11.8 Å². The van der Waals surface area contributed by atoms with Gasteiger partial charge in [0.1, 0.15) is 0 Å². The molecule has 2 aliphatic heterocycles. The predicted octanol–water partition coefficient (Wildman–Crippen LogP) is 5.33. The lowest BCUT2D eigenvalue weighted by Crippen LogP contribution is -2.40. The third-order valence-corrected chi connectivity index (χ3v) is 6.94. The number of unbranched alkanes of at least 4 members (excludes halogenated alkanes) is 1. The number of nitro benzene ring substituents is 1. The normalized spacial score (nSPS) is 22.4. The van der Waals surface area contributed by atoms with Crippen molar-refractivity contribution in [1.29, 1.82) is 0 Å². The molecule has 5 nitrogen and oxygen atoms in total. The molecule has 0 saturated carbocycles. The first-order valence-electron chi connectivity index (χ1n) is 10.2. The summed E-state index contributed by atoms with van der Waals surface area (Å²) in [5.41, 5.74) is 2.20. The summed E-state index contributed by atoms with van der Waals surface area (Å²) in [7, 11) is 0. The first kappa shape index (κ1) is 20.8. The molecule has 3 rings (SSSR count). The first-order chi connectivity index (χ1) is 13.4. The smallest absolute Gasteiger partial charge is 0.269 e. The Hall–Kier alpha value is -1.95. The van der Waals surface area contributed by atoms with Crippen LogP contribution in [0.4, 0.5) is 11.4 Å². The molecule has 6 heteroatoms. The van der Waals surface area contributed by atoms with Crippen molar-refractivity contribution >= 4 is 23.1 Å². The number of benzene rings is 1. The average Bonchev–Trinajstić information content (AvgIpc) is 3.21. The van der Waals surface area contributed by atoms with Crippen LogP contribution in [0.1, 0.15) is 46.1 Å². The molecule has 0 spiro atoms. The number of nitro groups is 1. The van der Waals surface area contributed by atoms with Crippen LogP contribution in [0, 0.1) is 10.1 Å². The highest BCUT2D eigenvalue weighted by atomic mass is 32.2. The fourth-order valence-electron chi connectivity index (χ4n) is 4.21. The maximum Gasteiger partial charge on any atom is 0.269 e. The van der Waals surface area contributed by atoms with Crippen molar-refractivity contribution in [3.8, 4) is 0 Å². The predicted molar refractivity (Wildman–Crippen MR) is 119 cm³/mol. The maximum atomic E-state index is 11.3. The van der Waals surface area contributed by atoms with Gasteiger partial charge in [0.2, 0.25) is 0 Å². The molecule has 1 aromatic rings. The number of thioether (sulfide) groups is 1. The van der Waals surface area contributed by atoms with Crippen molar-refractivity contribution in [3.63, 3.8) is 0 Å². The molecular weight excluding hydrogens is 370 g/mol. The van der Waals surface area contributed by atoms with Crippen molar-refractivity contribution in [2.24, 2.45) is 0 Å². The van der Waals surface area contributed by atoms with Gasteiger partial charge in [0.15, 0.2) is 0 Å². The second-order valence-corrected chi connectivity index (χ2v) is 9.11. The largest absolute Gasteiger partial charge is 0.366 e. The first-order valence-corrected chi connectivity index (χ1v) is 11.2. The van der Waals surface area contributed by atoms with E-state index in [4.69, 9.17) is 0 Å². The molecule has 0 bridgehead atoms. The zero-order valence-corrected chi connectivity index (χ0v) is 18.2. The molecule has 0 radical (unpaired) electrons. The van der Waals surface area contributed by atoms with E-state index >= 15 is 0 Å². The minimum absolute atomic E-state index is 0.176. The van der Waals surface area contributed by atoms with Gasteiger partial charge in [-0.15, -0.1) is 11.8 Å². The van der Waals surface area contributed by atoms with E-state index in [-0.39, 0.29) is 22.1 Å². The van der Waals surface area contributed by atoms with E-state index in [1.807, 2.05) is 17.8 Å². The number of allylic oxidation sites excluding steroid dienone is 2. The third kappa shape index (κ3) is 3.93. The maximum absolute atomic E-state index is 11.3. The number of fused-ring (bicyclic) bond motifs is 1. The summed E-state index contributed by atoms with van der Waals surface area (Å²) in [4.78, 5) is 15.8. The Bertz CT molecular complexity index is 788. The summed E-state index contributed by atoms with van der Waals surface area (Å²) in [5, 5.41) is 12.6. The lowest BCUT2D eigenvalue weighted by molar-refractivity contribution is -0.384. The number of non-ortho nitro benzene ring substituents is 1. The minimum atomic E-state index is -0.295. The number of anilines is 1. The van der Waals surface area contributed by atoms with Crippen molar-refractivity contribution < 1.29 is 4.92 Å². The highest BCUT2D eigenvalue weighted by molar-refractivity contribution is 8.03. The lowest BCUT2D eigenvalue weighted by Gasteiger charge is -2.32. The highest BCUT2D eigenvalue weighted by Crippen LogP contribution is 2.47. The van der Waals surface area contributed by atoms with Crippen LogP contribution in [0.3, 0.4) is 0 Å². The molecule has 1 unspecified atom stereocenters. The van der Waals surface area contributed by atoms with E-state index in [1.165, 1.54) is 5.03 Å². The number of hydrogen-bond acceptors (Lipinski definition) is 5. The van der Waals surface area contributed by atoms with Gasteiger partial charge in [0.05, 0.1) is 16.0 Å². The Morgan fingerprint density at radius 1 is 1.36 bits per heavy atom. The standard InChI is InChI=1S/C22H31N3O2S/c1-5-7-13-24-19-12-11-17(25(26)27)16-18(19)22(3,4)20(24)9-8-10-21-23(6-2)14-15-28-21/h8-12,16,20H,5-7,13-15H2,1-4H3. The van der Waals surface area contributed by atoms with Crippen LogP contribution in [0.2, 0.25) is 0 Å². The summed E-state index contributed by atoms with van der Waals surface area (Å²) in [5.74, 6) is 1.15. The molecule has 0 aromatic heterocycles. The van der Waals surface area contributed by atoms with Crippen LogP contribution in [0.25, 0.3) is 0 Å². The fourth-order valence-corrected chi connectivity index (χ4v) is 5.31. The Labute approximate surface area is 172 Å². The van der Waals surface area contributed by atoms with Crippen LogP contribution in [0.15, 0.2) is 41.5 Å². The van der Waals surface area contributed by atoms with E-state index in [9.17, 15) is 10.1 Å². The summed E-state index contributed by atoms with van der Waals surface area (Å²) in [6.07, 6.45) is 8.92. The fraction of sp³-hybridized carbons (Fsp3) is 0.545. The molecule has 1 aromatic carbocycles. The summed E-state index contributed by atoms with van der Waals surface area (Å²) in [6, 6.07) is 5.53. The Morgan fingerprint density at radius 2 is 2.14 bits per heavy atom. The monoisotopic (exact) mass is 401 g/mol. The molecule has 152 valence electrons. The van der Waals surface area contributed by atoms with Gasteiger partial charge in [-0.05, 0) is 31.1 Å².